The van der Waals surface area contributed by atoms with Crippen molar-refractivity contribution in [3.8, 4) is 17.6 Å². The number of aliphatic imine (C=N–C) groups is 1. The number of ether oxygens (including phenoxy) is 1. The summed E-state index contributed by atoms with van der Waals surface area (Å²) in [6.45, 7) is 24.8. The highest BCUT2D eigenvalue weighted by molar-refractivity contribution is 6.01. The van der Waals surface area contributed by atoms with E-state index in [1.54, 1.807) is 13.2 Å². The second-order valence-electron chi connectivity index (χ2n) is 12.3. The molecule has 1 aromatic carbocycles. The average Bonchev–Trinajstić information content (AvgIpc) is 3.29. The first-order valence-electron chi connectivity index (χ1n) is 16.8. The number of aryl methyl sites for hydroxylation is 1. The molecule has 0 N–H and O–H groups in total. The number of allylic oxidation sites excluding steroid dienone is 7. The van der Waals surface area contributed by atoms with Crippen molar-refractivity contribution in [1.82, 2.24) is 9.80 Å². The molecule has 3 rings (SSSR count). The predicted molar refractivity (Wildman–Crippen MR) is 190 cm³/mol. The van der Waals surface area contributed by atoms with Gasteiger partial charge in [0.15, 0.2) is 0 Å². The number of amidine groups is 1. The summed E-state index contributed by atoms with van der Waals surface area (Å²) in [5.41, 5.74) is 9.44. The first-order valence-corrected chi connectivity index (χ1v) is 16.8. The zero-order valence-corrected chi connectivity index (χ0v) is 29.1. The molecule has 0 saturated heterocycles. The summed E-state index contributed by atoms with van der Waals surface area (Å²) >= 11 is 0. The Morgan fingerprint density at radius 2 is 1.95 bits per heavy atom. The first-order chi connectivity index (χ1) is 21.2. The van der Waals surface area contributed by atoms with Crippen LogP contribution in [0.3, 0.4) is 0 Å². The van der Waals surface area contributed by atoms with Crippen molar-refractivity contribution in [3.05, 3.63) is 88.1 Å². The van der Waals surface area contributed by atoms with Crippen molar-refractivity contribution in [2.75, 3.05) is 26.7 Å². The number of nitrogens with zero attached hydrogens (tertiary/aromatic N) is 3. The van der Waals surface area contributed by atoms with Gasteiger partial charge in [-0.3, -0.25) is 9.89 Å². The molecule has 0 spiro atoms. The number of rotatable bonds is 14. The lowest BCUT2D eigenvalue weighted by molar-refractivity contribution is 0.164. The van der Waals surface area contributed by atoms with Crippen LogP contribution in [0.25, 0.3) is 0 Å². The monoisotopic (exact) mass is 595 g/mol. The Morgan fingerprint density at radius 3 is 2.57 bits per heavy atom. The van der Waals surface area contributed by atoms with Gasteiger partial charge in [-0.15, -0.1) is 0 Å². The molecule has 238 valence electrons. The van der Waals surface area contributed by atoms with Crippen LogP contribution in [0.1, 0.15) is 104 Å². The molecule has 0 radical (unpaired) electrons. The summed E-state index contributed by atoms with van der Waals surface area (Å²) in [6, 6.07) is 7.23. The second kappa shape index (κ2) is 17.3. The minimum atomic E-state index is 0.0432. The SMILES string of the molecule is C=CC#CC/C=C(\C)C(C)N(CCCC)CC1C(c2ccc(OC)c(C)c2)N=C(C2=C(CC)C=C(C)C=C(CC)C2)N1CC. The van der Waals surface area contributed by atoms with Crippen LogP contribution in [0.4, 0.5) is 0 Å². The van der Waals surface area contributed by atoms with E-state index in [-0.39, 0.29) is 12.1 Å². The zero-order valence-electron chi connectivity index (χ0n) is 29.1. The fraction of sp³-hybridized carbons (Fsp3) is 0.525. The molecule has 2 aliphatic rings. The van der Waals surface area contributed by atoms with Gasteiger partial charge in [-0.1, -0.05) is 92.7 Å². The Hall–Kier alpha value is -3.29. The number of benzene rings is 1. The molecule has 4 nitrogen and oxygen atoms in total. The topological polar surface area (TPSA) is 28.1 Å². The number of methoxy groups -OCH3 is 1. The number of likely N-dealkylation sites (N-methyl/N-ethyl adjacent to an activating group) is 1. The molecule has 1 heterocycles. The van der Waals surface area contributed by atoms with Gasteiger partial charge in [0.25, 0.3) is 0 Å². The van der Waals surface area contributed by atoms with Gasteiger partial charge in [-0.2, -0.15) is 0 Å². The molecule has 0 amide bonds. The van der Waals surface area contributed by atoms with Crippen molar-refractivity contribution in [1.29, 1.82) is 0 Å². The molecule has 3 unspecified atom stereocenters. The second-order valence-corrected chi connectivity index (χ2v) is 12.3. The van der Waals surface area contributed by atoms with E-state index in [2.05, 4.69) is 120 Å². The van der Waals surface area contributed by atoms with E-state index in [0.29, 0.717) is 6.04 Å². The van der Waals surface area contributed by atoms with Crippen LogP contribution in [0.15, 0.2) is 81.9 Å². The molecule has 0 aromatic heterocycles. The van der Waals surface area contributed by atoms with Crippen LogP contribution in [0, 0.1) is 18.8 Å². The van der Waals surface area contributed by atoms with Crippen LogP contribution < -0.4 is 4.74 Å². The zero-order chi connectivity index (χ0) is 32.2. The molecule has 0 bridgehead atoms. The van der Waals surface area contributed by atoms with E-state index in [9.17, 15) is 0 Å². The van der Waals surface area contributed by atoms with Gasteiger partial charge in [-0.05, 0) is 95.7 Å². The lowest BCUT2D eigenvalue weighted by Gasteiger charge is -2.38. The molecule has 1 aromatic rings. The van der Waals surface area contributed by atoms with Crippen molar-refractivity contribution >= 4 is 5.84 Å². The molecular formula is C40H57N3O. The third-order valence-electron chi connectivity index (χ3n) is 9.29. The Balaban J connectivity index is 2.13. The standard InChI is InChI=1S/C40H57N3O/c1-11-16-18-19-20-30(7)32(9)42(23-17-12-2)28-37-39(35-21-22-38(44-10)31(8)26-35)41-40(43(37)15-5)36-27-33(13-3)24-29(6)25-34(36)14-4/h11,20-22,24-26,32,37,39H,1,12-15,17,19,23,27-28H2,2-10H3/b30-20+. The van der Waals surface area contributed by atoms with Crippen LogP contribution in [0.2, 0.25) is 0 Å². The summed E-state index contributed by atoms with van der Waals surface area (Å²) < 4.78 is 5.64. The number of hydrogen-bond donors (Lipinski definition) is 0. The maximum absolute atomic E-state index is 5.67. The summed E-state index contributed by atoms with van der Waals surface area (Å²) in [6.07, 6.45) is 14.9. The fourth-order valence-electron chi connectivity index (χ4n) is 6.56. The normalized spacial score (nSPS) is 19.6. The fourth-order valence-corrected chi connectivity index (χ4v) is 6.56. The Kier molecular flexibility index (Phi) is 13.8. The maximum Gasteiger partial charge on any atom is 0.128 e. The van der Waals surface area contributed by atoms with Crippen molar-refractivity contribution in [2.45, 2.75) is 112 Å². The Bertz CT molecular complexity index is 1360. The quantitative estimate of drug-likeness (QED) is 0.158. The molecule has 1 aliphatic carbocycles. The Labute approximate surface area is 269 Å². The third-order valence-corrected chi connectivity index (χ3v) is 9.29. The van der Waals surface area contributed by atoms with Gasteiger partial charge in [0.1, 0.15) is 11.6 Å². The van der Waals surface area contributed by atoms with Gasteiger partial charge in [0.2, 0.25) is 0 Å². The Morgan fingerprint density at radius 1 is 1.18 bits per heavy atom. The minimum Gasteiger partial charge on any atom is -0.496 e. The van der Waals surface area contributed by atoms with E-state index in [4.69, 9.17) is 9.73 Å². The van der Waals surface area contributed by atoms with Gasteiger partial charge in [-0.25, -0.2) is 0 Å². The summed E-state index contributed by atoms with van der Waals surface area (Å²) in [5, 5.41) is 0. The lowest BCUT2D eigenvalue weighted by atomic mass is 9.95. The highest BCUT2D eigenvalue weighted by Gasteiger charge is 2.40. The van der Waals surface area contributed by atoms with Crippen LogP contribution in [-0.2, 0) is 0 Å². The molecule has 0 fully saturated rings. The van der Waals surface area contributed by atoms with Gasteiger partial charge >= 0.3 is 0 Å². The highest BCUT2D eigenvalue weighted by Crippen LogP contribution is 2.39. The predicted octanol–water partition coefficient (Wildman–Crippen LogP) is 9.56. The first kappa shape index (κ1) is 35.2. The number of hydrogen-bond acceptors (Lipinski definition) is 4. The van der Waals surface area contributed by atoms with Crippen molar-refractivity contribution < 1.29 is 4.74 Å². The maximum atomic E-state index is 5.67. The molecule has 44 heavy (non-hydrogen) atoms. The smallest absolute Gasteiger partial charge is 0.128 e. The summed E-state index contributed by atoms with van der Waals surface area (Å²) in [5.74, 6) is 8.29. The van der Waals surface area contributed by atoms with E-state index in [1.165, 1.54) is 52.1 Å². The molecule has 0 saturated carbocycles. The van der Waals surface area contributed by atoms with Crippen LogP contribution in [0.5, 0.6) is 5.75 Å². The van der Waals surface area contributed by atoms with E-state index >= 15 is 0 Å². The minimum absolute atomic E-state index is 0.0432. The van der Waals surface area contributed by atoms with Crippen molar-refractivity contribution in [3.63, 3.8) is 0 Å². The summed E-state index contributed by atoms with van der Waals surface area (Å²) in [7, 11) is 1.75. The van der Waals surface area contributed by atoms with Crippen molar-refractivity contribution in [2.24, 2.45) is 4.99 Å². The highest BCUT2D eigenvalue weighted by atomic mass is 16.5. The largest absolute Gasteiger partial charge is 0.496 e. The van der Waals surface area contributed by atoms with Gasteiger partial charge in [0.05, 0.1) is 19.2 Å². The third kappa shape index (κ3) is 8.66. The van der Waals surface area contributed by atoms with Crippen LogP contribution in [-0.4, -0.2) is 54.5 Å². The molecule has 3 atom stereocenters. The van der Waals surface area contributed by atoms with Gasteiger partial charge in [0, 0.05) is 31.1 Å². The number of unbranched alkanes of at least 4 members (excludes halogenated alkanes) is 1. The van der Waals surface area contributed by atoms with E-state index < -0.39 is 0 Å². The van der Waals surface area contributed by atoms with Crippen LogP contribution >= 0.6 is 0 Å². The molecule has 4 heteroatoms. The molecule has 1 aliphatic heterocycles. The van der Waals surface area contributed by atoms with E-state index in [0.717, 1.165) is 56.6 Å². The lowest BCUT2D eigenvalue weighted by Crippen LogP contribution is -2.48. The van der Waals surface area contributed by atoms with Gasteiger partial charge < -0.3 is 9.64 Å². The van der Waals surface area contributed by atoms with E-state index in [1.807, 2.05) is 0 Å². The summed E-state index contributed by atoms with van der Waals surface area (Å²) in [4.78, 5) is 11.0. The molecular weight excluding hydrogens is 538 g/mol. The average molecular weight is 596 g/mol.